The number of thioether (sulfide) groups is 1. The fourth-order valence-corrected chi connectivity index (χ4v) is 3.93. The van der Waals surface area contributed by atoms with E-state index in [2.05, 4.69) is 15.4 Å². The minimum absolute atomic E-state index is 0.0859. The van der Waals surface area contributed by atoms with Gasteiger partial charge in [-0.15, -0.1) is 0 Å². The van der Waals surface area contributed by atoms with Crippen LogP contribution in [0, 0.1) is 0 Å². The van der Waals surface area contributed by atoms with Gasteiger partial charge in [0, 0.05) is 29.9 Å². The number of carbonyl (C=O) groups is 2. The number of benzene rings is 1. The Balaban J connectivity index is 1.68. The van der Waals surface area contributed by atoms with Crippen molar-refractivity contribution in [3.63, 3.8) is 0 Å². The second kappa shape index (κ2) is 9.47. The minimum Gasteiger partial charge on any atom is -0.324 e. The number of aromatic nitrogens is 2. The zero-order valence-electron chi connectivity index (χ0n) is 15.9. The molecule has 1 N–H and O–H groups in total. The monoisotopic (exact) mass is 451 g/mol. The fraction of sp³-hybridized carbons (Fsp3) is 0.263. The van der Waals surface area contributed by atoms with Gasteiger partial charge in [0.2, 0.25) is 5.91 Å². The van der Waals surface area contributed by atoms with Gasteiger partial charge in [-0.25, -0.2) is 4.99 Å². The van der Waals surface area contributed by atoms with E-state index < -0.39 is 0 Å². The first-order chi connectivity index (χ1) is 13.9. The molecule has 0 atom stereocenters. The van der Waals surface area contributed by atoms with Crippen molar-refractivity contribution in [2.45, 2.75) is 20.4 Å². The lowest BCUT2D eigenvalue weighted by Crippen LogP contribution is -2.31. The molecule has 1 aromatic carbocycles. The SMILES string of the molecule is CCN1C(=O)/C(=C\c2cnn(CC)c2)N=C1SCC(=O)Nc1ccc(Cl)cc1Cl. The average molecular weight is 452 g/mol. The molecule has 3 rings (SSSR count). The van der Waals surface area contributed by atoms with Crippen LogP contribution in [-0.4, -0.2) is 44.0 Å². The van der Waals surface area contributed by atoms with Crippen LogP contribution in [0.4, 0.5) is 5.69 Å². The van der Waals surface area contributed by atoms with Crippen LogP contribution >= 0.6 is 35.0 Å². The molecule has 2 heterocycles. The number of amides is 2. The zero-order chi connectivity index (χ0) is 21.0. The van der Waals surface area contributed by atoms with Gasteiger partial charge in [0.05, 0.1) is 22.7 Å². The number of amidine groups is 1. The average Bonchev–Trinajstić information content (AvgIpc) is 3.27. The Kier molecular flexibility index (Phi) is 7.00. The smallest absolute Gasteiger partial charge is 0.278 e. The summed E-state index contributed by atoms with van der Waals surface area (Å²) >= 11 is 13.1. The van der Waals surface area contributed by atoms with Crippen LogP contribution in [0.25, 0.3) is 6.08 Å². The summed E-state index contributed by atoms with van der Waals surface area (Å²) in [5.74, 6) is -0.365. The van der Waals surface area contributed by atoms with Gasteiger partial charge >= 0.3 is 0 Å². The molecule has 0 bridgehead atoms. The Morgan fingerprint density at radius 3 is 2.72 bits per heavy atom. The number of aryl methyl sites for hydroxylation is 1. The number of aliphatic imine (C=N–C) groups is 1. The summed E-state index contributed by atoms with van der Waals surface area (Å²) in [6.07, 6.45) is 5.23. The molecule has 0 saturated heterocycles. The number of rotatable bonds is 6. The number of hydrogen-bond donors (Lipinski definition) is 1. The maximum absolute atomic E-state index is 12.6. The third kappa shape index (κ3) is 5.20. The van der Waals surface area contributed by atoms with Crippen molar-refractivity contribution < 1.29 is 9.59 Å². The third-order valence-corrected chi connectivity index (χ3v) is 5.57. The molecule has 29 heavy (non-hydrogen) atoms. The normalized spacial score (nSPS) is 15.2. The van der Waals surface area contributed by atoms with Gasteiger partial charge in [0.15, 0.2) is 5.17 Å². The Bertz CT molecular complexity index is 1000. The molecule has 10 heteroatoms. The Morgan fingerprint density at radius 1 is 1.28 bits per heavy atom. The Morgan fingerprint density at radius 2 is 2.07 bits per heavy atom. The van der Waals surface area contributed by atoms with E-state index in [1.807, 2.05) is 20.0 Å². The van der Waals surface area contributed by atoms with Gasteiger partial charge in [0.25, 0.3) is 5.91 Å². The number of likely N-dealkylation sites (N-methyl/N-ethyl adjacent to an activating group) is 1. The van der Waals surface area contributed by atoms with Crippen LogP contribution in [0.3, 0.4) is 0 Å². The molecule has 1 aromatic heterocycles. The van der Waals surface area contributed by atoms with Gasteiger partial charge in [-0.1, -0.05) is 35.0 Å². The highest BCUT2D eigenvalue weighted by Crippen LogP contribution is 2.27. The number of nitrogens with one attached hydrogen (secondary N) is 1. The summed E-state index contributed by atoms with van der Waals surface area (Å²) in [6, 6.07) is 4.84. The molecule has 0 radical (unpaired) electrons. The topological polar surface area (TPSA) is 79.6 Å². The van der Waals surface area contributed by atoms with Gasteiger partial charge in [-0.2, -0.15) is 5.10 Å². The molecular formula is C19H19Cl2N5O2S. The molecular weight excluding hydrogens is 433 g/mol. The van der Waals surface area contributed by atoms with Crippen molar-refractivity contribution >= 4 is 63.7 Å². The Labute approximate surface area is 182 Å². The van der Waals surface area contributed by atoms with E-state index in [1.54, 1.807) is 40.1 Å². The third-order valence-electron chi connectivity index (χ3n) is 4.05. The van der Waals surface area contributed by atoms with Gasteiger partial charge in [-0.05, 0) is 38.1 Å². The van der Waals surface area contributed by atoms with E-state index in [1.165, 1.54) is 11.8 Å². The number of hydrogen-bond acceptors (Lipinski definition) is 5. The first kappa shape index (κ1) is 21.4. The van der Waals surface area contributed by atoms with Gasteiger partial charge < -0.3 is 5.32 Å². The standard InChI is InChI=1S/C19H19Cl2N5O2S/c1-3-25-10-12(9-22-25)7-16-18(28)26(4-2)19(24-16)29-11-17(27)23-15-6-5-13(20)8-14(15)21/h5-10H,3-4,11H2,1-2H3,(H,23,27)/b16-7+. The molecule has 2 aromatic rings. The summed E-state index contributed by atoms with van der Waals surface area (Å²) in [4.78, 5) is 30.9. The minimum atomic E-state index is -0.257. The molecule has 0 spiro atoms. The van der Waals surface area contributed by atoms with Crippen molar-refractivity contribution in [2.75, 3.05) is 17.6 Å². The van der Waals surface area contributed by atoms with Gasteiger partial charge in [-0.3, -0.25) is 19.2 Å². The van der Waals surface area contributed by atoms with E-state index in [0.717, 1.165) is 12.1 Å². The maximum atomic E-state index is 12.6. The van der Waals surface area contributed by atoms with E-state index in [9.17, 15) is 9.59 Å². The van der Waals surface area contributed by atoms with Crippen molar-refractivity contribution in [3.05, 3.63) is 51.9 Å². The van der Waals surface area contributed by atoms with Crippen molar-refractivity contribution in [1.82, 2.24) is 14.7 Å². The molecule has 2 amide bonds. The van der Waals surface area contributed by atoms with Crippen LogP contribution in [0.2, 0.25) is 10.0 Å². The second-order valence-corrected chi connectivity index (χ2v) is 7.85. The molecule has 7 nitrogen and oxygen atoms in total. The number of nitrogens with zero attached hydrogens (tertiary/aromatic N) is 4. The summed E-state index contributed by atoms with van der Waals surface area (Å²) in [6.45, 7) is 5.05. The number of anilines is 1. The molecule has 152 valence electrons. The van der Waals surface area contributed by atoms with Crippen LogP contribution < -0.4 is 5.32 Å². The molecule has 0 saturated carbocycles. The largest absolute Gasteiger partial charge is 0.324 e. The van der Waals surface area contributed by atoms with Crippen molar-refractivity contribution in [2.24, 2.45) is 4.99 Å². The van der Waals surface area contributed by atoms with Crippen molar-refractivity contribution in [1.29, 1.82) is 0 Å². The highest BCUT2D eigenvalue weighted by molar-refractivity contribution is 8.14. The molecule has 1 aliphatic rings. The second-order valence-electron chi connectivity index (χ2n) is 6.06. The number of carbonyl (C=O) groups excluding carboxylic acids is 2. The quantitative estimate of drug-likeness (QED) is 0.669. The van der Waals surface area contributed by atoms with Crippen LogP contribution in [0.15, 0.2) is 41.3 Å². The predicted molar refractivity (Wildman–Crippen MR) is 118 cm³/mol. The summed E-state index contributed by atoms with van der Waals surface area (Å²) in [5.41, 5.74) is 1.61. The first-order valence-electron chi connectivity index (χ1n) is 8.93. The highest BCUT2D eigenvalue weighted by atomic mass is 35.5. The van der Waals surface area contributed by atoms with E-state index in [4.69, 9.17) is 23.2 Å². The summed E-state index contributed by atoms with van der Waals surface area (Å²) in [7, 11) is 0. The molecule has 1 aliphatic heterocycles. The lowest BCUT2D eigenvalue weighted by Gasteiger charge is -2.14. The van der Waals surface area contributed by atoms with Crippen LogP contribution in [0.5, 0.6) is 0 Å². The number of halogens is 2. The zero-order valence-corrected chi connectivity index (χ0v) is 18.2. The summed E-state index contributed by atoms with van der Waals surface area (Å²) in [5, 5.41) is 8.26. The molecule has 0 fully saturated rings. The van der Waals surface area contributed by atoms with E-state index in [-0.39, 0.29) is 17.6 Å². The lowest BCUT2D eigenvalue weighted by molar-refractivity contribution is -0.122. The van der Waals surface area contributed by atoms with Gasteiger partial charge in [0.1, 0.15) is 5.70 Å². The van der Waals surface area contributed by atoms with Crippen molar-refractivity contribution in [3.8, 4) is 0 Å². The Hall–Kier alpha value is -2.29. The first-order valence-corrected chi connectivity index (χ1v) is 10.7. The molecule has 0 unspecified atom stereocenters. The van der Waals surface area contributed by atoms with Crippen LogP contribution in [0.1, 0.15) is 19.4 Å². The highest BCUT2D eigenvalue weighted by Gasteiger charge is 2.29. The maximum Gasteiger partial charge on any atom is 0.278 e. The fourth-order valence-electron chi connectivity index (χ4n) is 2.61. The van der Waals surface area contributed by atoms with E-state index in [0.29, 0.717) is 33.1 Å². The van der Waals surface area contributed by atoms with E-state index >= 15 is 0 Å². The molecule has 0 aliphatic carbocycles. The predicted octanol–water partition coefficient (Wildman–Crippen LogP) is 4.14. The lowest BCUT2D eigenvalue weighted by atomic mass is 10.3. The van der Waals surface area contributed by atoms with Crippen LogP contribution in [-0.2, 0) is 16.1 Å². The summed E-state index contributed by atoms with van der Waals surface area (Å²) < 4.78 is 1.77.